The van der Waals surface area contributed by atoms with Gasteiger partial charge >= 0.3 is 0 Å². The molecule has 2 aromatic carbocycles. The fraction of sp³-hybridized carbons (Fsp3) is 0.250. The molecule has 0 heterocycles. The maximum atomic E-state index is 10.5. The van der Waals surface area contributed by atoms with Crippen LogP contribution >= 0.6 is 0 Å². The van der Waals surface area contributed by atoms with E-state index in [4.69, 9.17) is 19.9 Å². The minimum absolute atomic E-state index is 0.474. The molecule has 0 saturated carbocycles. The quantitative estimate of drug-likeness (QED) is 0.827. The Morgan fingerprint density at radius 2 is 1.62 bits per heavy atom. The van der Waals surface area contributed by atoms with Crippen molar-refractivity contribution in [3.8, 4) is 17.2 Å². The number of rotatable bonds is 5. The molecule has 2 rings (SSSR count). The molecule has 1 unspecified atom stereocenters. The summed E-state index contributed by atoms with van der Waals surface area (Å²) in [6.45, 7) is 0. The molecule has 0 aliphatic heterocycles. The van der Waals surface area contributed by atoms with E-state index >= 15 is 0 Å². The SMILES string of the molecule is COc1ccc(C(O)c2ccc(OC)c(N)c2)c(OC)c1. The van der Waals surface area contributed by atoms with Crippen molar-refractivity contribution in [3.05, 3.63) is 47.5 Å². The third kappa shape index (κ3) is 3.03. The van der Waals surface area contributed by atoms with Crippen LogP contribution in [0.15, 0.2) is 36.4 Å². The maximum Gasteiger partial charge on any atom is 0.141 e. The molecule has 112 valence electrons. The van der Waals surface area contributed by atoms with Gasteiger partial charge in [0.05, 0.1) is 27.0 Å². The molecular weight excluding hydrogens is 270 g/mol. The summed E-state index contributed by atoms with van der Waals surface area (Å²) in [7, 11) is 4.68. The summed E-state index contributed by atoms with van der Waals surface area (Å²) in [5.41, 5.74) is 7.66. The first-order valence-corrected chi connectivity index (χ1v) is 6.44. The van der Waals surface area contributed by atoms with Gasteiger partial charge in [-0.15, -0.1) is 0 Å². The number of hydrogen-bond acceptors (Lipinski definition) is 5. The van der Waals surface area contributed by atoms with Crippen molar-refractivity contribution in [3.63, 3.8) is 0 Å². The Labute approximate surface area is 123 Å². The highest BCUT2D eigenvalue weighted by Crippen LogP contribution is 2.34. The lowest BCUT2D eigenvalue weighted by Crippen LogP contribution is -2.04. The first-order valence-electron chi connectivity index (χ1n) is 6.44. The lowest BCUT2D eigenvalue weighted by molar-refractivity contribution is 0.214. The Hall–Kier alpha value is -2.40. The van der Waals surface area contributed by atoms with Crippen molar-refractivity contribution in [2.45, 2.75) is 6.10 Å². The molecule has 0 aromatic heterocycles. The zero-order valence-electron chi connectivity index (χ0n) is 12.3. The summed E-state index contributed by atoms with van der Waals surface area (Å²) in [6.07, 6.45) is -0.848. The maximum absolute atomic E-state index is 10.5. The topological polar surface area (TPSA) is 73.9 Å². The van der Waals surface area contributed by atoms with Crippen molar-refractivity contribution < 1.29 is 19.3 Å². The van der Waals surface area contributed by atoms with E-state index < -0.39 is 6.10 Å². The smallest absolute Gasteiger partial charge is 0.141 e. The molecule has 0 aliphatic rings. The number of aliphatic hydroxyl groups is 1. The Morgan fingerprint density at radius 1 is 0.905 bits per heavy atom. The zero-order chi connectivity index (χ0) is 15.4. The van der Waals surface area contributed by atoms with E-state index in [1.807, 2.05) is 0 Å². The van der Waals surface area contributed by atoms with E-state index in [0.29, 0.717) is 34.1 Å². The lowest BCUT2D eigenvalue weighted by Gasteiger charge is -2.17. The molecule has 5 heteroatoms. The Balaban J connectivity index is 2.39. The predicted molar refractivity (Wildman–Crippen MR) is 81.0 cm³/mol. The summed E-state index contributed by atoms with van der Waals surface area (Å²) < 4.78 is 15.6. The number of hydrogen-bond donors (Lipinski definition) is 2. The van der Waals surface area contributed by atoms with Crippen LogP contribution in [-0.2, 0) is 0 Å². The summed E-state index contributed by atoms with van der Waals surface area (Å²) in [6, 6.07) is 10.4. The molecule has 0 aliphatic carbocycles. The van der Waals surface area contributed by atoms with E-state index in [1.54, 1.807) is 57.7 Å². The van der Waals surface area contributed by atoms with Crippen LogP contribution in [0.5, 0.6) is 17.2 Å². The first-order chi connectivity index (χ1) is 10.1. The van der Waals surface area contributed by atoms with Crippen molar-refractivity contribution in [1.29, 1.82) is 0 Å². The highest BCUT2D eigenvalue weighted by Gasteiger charge is 2.17. The van der Waals surface area contributed by atoms with Gasteiger partial charge in [-0.25, -0.2) is 0 Å². The average Bonchev–Trinajstić information content (AvgIpc) is 2.53. The van der Waals surface area contributed by atoms with Crippen LogP contribution < -0.4 is 19.9 Å². The molecule has 0 spiro atoms. The molecule has 0 fully saturated rings. The van der Waals surface area contributed by atoms with Gasteiger partial charge in [-0.3, -0.25) is 0 Å². The van der Waals surface area contributed by atoms with Crippen LogP contribution in [0.1, 0.15) is 17.2 Å². The largest absolute Gasteiger partial charge is 0.497 e. The number of nitrogens with two attached hydrogens (primary N) is 1. The van der Waals surface area contributed by atoms with Crippen LogP contribution in [0, 0.1) is 0 Å². The number of ether oxygens (including phenoxy) is 3. The highest BCUT2D eigenvalue weighted by molar-refractivity contribution is 5.56. The number of methoxy groups -OCH3 is 3. The van der Waals surface area contributed by atoms with Gasteiger partial charge in [0.15, 0.2) is 0 Å². The monoisotopic (exact) mass is 289 g/mol. The molecule has 1 atom stereocenters. The van der Waals surface area contributed by atoms with Crippen LogP contribution in [0.2, 0.25) is 0 Å². The van der Waals surface area contributed by atoms with Gasteiger partial charge in [-0.05, 0) is 29.8 Å². The minimum Gasteiger partial charge on any atom is -0.497 e. The van der Waals surface area contributed by atoms with Gasteiger partial charge in [0.1, 0.15) is 23.4 Å². The first kappa shape index (κ1) is 15.0. The normalized spacial score (nSPS) is 11.8. The number of anilines is 1. The molecule has 0 bridgehead atoms. The van der Waals surface area contributed by atoms with Crippen molar-refractivity contribution >= 4 is 5.69 Å². The van der Waals surface area contributed by atoms with Crippen molar-refractivity contribution in [1.82, 2.24) is 0 Å². The van der Waals surface area contributed by atoms with E-state index in [1.165, 1.54) is 0 Å². The third-order valence-corrected chi connectivity index (χ3v) is 3.30. The summed E-state index contributed by atoms with van der Waals surface area (Å²) >= 11 is 0. The van der Waals surface area contributed by atoms with E-state index in [9.17, 15) is 5.11 Å². The second kappa shape index (κ2) is 6.37. The lowest BCUT2D eigenvalue weighted by atomic mass is 9.99. The van der Waals surface area contributed by atoms with Crippen LogP contribution in [0.25, 0.3) is 0 Å². The van der Waals surface area contributed by atoms with Crippen molar-refractivity contribution in [2.24, 2.45) is 0 Å². The summed E-state index contributed by atoms with van der Waals surface area (Å²) in [4.78, 5) is 0. The van der Waals surface area contributed by atoms with E-state index in [2.05, 4.69) is 0 Å². The molecule has 0 saturated heterocycles. The summed E-state index contributed by atoms with van der Waals surface area (Å²) in [5.74, 6) is 1.79. The standard InChI is InChI=1S/C16H19NO4/c1-19-11-5-6-12(15(9-11)21-3)16(18)10-4-7-14(20-2)13(17)8-10/h4-9,16,18H,17H2,1-3H3. The molecule has 21 heavy (non-hydrogen) atoms. The van der Waals surface area contributed by atoms with Crippen LogP contribution in [0.4, 0.5) is 5.69 Å². The van der Waals surface area contributed by atoms with Gasteiger partial charge in [-0.1, -0.05) is 6.07 Å². The fourth-order valence-electron chi connectivity index (χ4n) is 2.15. The van der Waals surface area contributed by atoms with Gasteiger partial charge in [0.25, 0.3) is 0 Å². The Kier molecular flexibility index (Phi) is 4.55. The van der Waals surface area contributed by atoms with E-state index in [0.717, 1.165) is 0 Å². The second-order valence-corrected chi connectivity index (χ2v) is 4.51. The van der Waals surface area contributed by atoms with Gasteiger partial charge in [0.2, 0.25) is 0 Å². The molecular formula is C16H19NO4. The Bertz CT molecular complexity index is 628. The predicted octanol–water partition coefficient (Wildman–Crippen LogP) is 2.38. The molecule has 5 nitrogen and oxygen atoms in total. The number of nitrogen functional groups attached to an aromatic ring is 1. The molecule has 0 radical (unpaired) electrons. The van der Waals surface area contributed by atoms with Crippen molar-refractivity contribution in [2.75, 3.05) is 27.1 Å². The van der Waals surface area contributed by atoms with E-state index in [-0.39, 0.29) is 0 Å². The average molecular weight is 289 g/mol. The number of aliphatic hydroxyl groups excluding tert-OH is 1. The molecule has 2 aromatic rings. The molecule has 3 N–H and O–H groups in total. The second-order valence-electron chi connectivity index (χ2n) is 4.51. The van der Waals surface area contributed by atoms with Gasteiger partial charge in [-0.2, -0.15) is 0 Å². The van der Waals surface area contributed by atoms with Crippen LogP contribution in [0.3, 0.4) is 0 Å². The molecule has 0 amide bonds. The Morgan fingerprint density at radius 3 is 2.19 bits per heavy atom. The minimum atomic E-state index is -0.848. The van der Waals surface area contributed by atoms with Gasteiger partial charge in [0, 0.05) is 11.6 Å². The zero-order valence-corrected chi connectivity index (χ0v) is 12.3. The summed E-state index contributed by atoms with van der Waals surface area (Å²) in [5, 5.41) is 10.5. The third-order valence-electron chi connectivity index (χ3n) is 3.30. The fourth-order valence-corrected chi connectivity index (χ4v) is 2.15. The number of benzene rings is 2. The highest BCUT2D eigenvalue weighted by atomic mass is 16.5. The van der Waals surface area contributed by atoms with Gasteiger partial charge < -0.3 is 25.1 Å². The van der Waals surface area contributed by atoms with Crippen LogP contribution in [-0.4, -0.2) is 26.4 Å².